The Morgan fingerprint density at radius 1 is 1.03 bits per heavy atom. The lowest BCUT2D eigenvalue weighted by atomic mass is 10.0. The predicted octanol–water partition coefficient (Wildman–Crippen LogP) is 3.48. The normalized spacial score (nSPS) is 15.1. The first-order valence-corrected chi connectivity index (χ1v) is 11.5. The molecular weight excluding hydrogens is 424 g/mol. The number of amides is 2. The van der Waals surface area contributed by atoms with E-state index in [4.69, 9.17) is 4.74 Å². The molecule has 4 rings (SSSR count). The van der Waals surface area contributed by atoms with Crippen molar-refractivity contribution in [2.75, 3.05) is 31.6 Å². The van der Waals surface area contributed by atoms with E-state index in [1.54, 1.807) is 12.1 Å². The van der Waals surface area contributed by atoms with Crippen molar-refractivity contribution in [1.29, 1.82) is 0 Å². The van der Waals surface area contributed by atoms with Crippen LogP contribution in [0.2, 0.25) is 0 Å². The summed E-state index contributed by atoms with van der Waals surface area (Å²) >= 11 is 1.41. The minimum Gasteiger partial charge on any atom is -0.379 e. The van der Waals surface area contributed by atoms with Gasteiger partial charge in [-0.2, -0.15) is 0 Å². The maximum atomic E-state index is 12.8. The van der Waals surface area contributed by atoms with E-state index in [0.717, 1.165) is 44.1 Å². The lowest BCUT2D eigenvalue weighted by Crippen LogP contribution is -2.35. The van der Waals surface area contributed by atoms with Crippen LogP contribution < -0.4 is 10.6 Å². The Balaban J connectivity index is 1.38. The van der Waals surface area contributed by atoms with Crippen molar-refractivity contribution in [2.45, 2.75) is 19.0 Å². The van der Waals surface area contributed by atoms with E-state index in [9.17, 15) is 9.59 Å². The number of rotatable bonds is 8. The fourth-order valence-electron chi connectivity index (χ4n) is 3.55. The third-order valence-electron chi connectivity index (χ3n) is 5.22. The van der Waals surface area contributed by atoms with Crippen molar-refractivity contribution in [3.63, 3.8) is 0 Å². The molecule has 1 aliphatic heterocycles. The van der Waals surface area contributed by atoms with Crippen LogP contribution in [0.15, 0.2) is 66.0 Å². The zero-order valence-electron chi connectivity index (χ0n) is 17.7. The number of ether oxygens (including phenoxy) is 1. The summed E-state index contributed by atoms with van der Waals surface area (Å²) in [5.74, 6) is -0.409. The van der Waals surface area contributed by atoms with Crippen LogP contribution in [0.1, 0.15) is 34.1 Å². The van der Waals surface area contributed by atoms with Gasteiger partial charge in [-0.15, -0.1) is 11.3 Å². The molecule has 0 radical (unpaired) electrons. The molecule has 166 valence electrons. The number of benzene rings is 2. The number of nitrogens with one attached hydrogen (secondary N) is 2. The van der Waals surface area contributed by atoms with E-state index >= 15 is 0 Å². The molecule has 7 nitrogen and oxygen atoms in total. The van der Waals surface area contributed by atoms with Crippen LogP contribution in [-0.2, 0) is 16.1 Å². The molecule has 1 aromatic heterocycles. The van der Waals surface area contributed by atoms with Crippen molar-refractivity contribution in [3.05, 3.63) is 82.9 Å². The average Bonchev–Trinajstić information content (AvgIpc) is 3.26. The smallest absolute Gasteiger partial charge is 0.251 e. The van der Waals surface area contributed by atoms with Crippen molar-refractivity contribution in [1.82, 2.24) is 15.2 Å². The summed E-state index contributed by atoms with van der Waals surface area (Å²) in [6, 6.07) is 18.1. The van der Waals surface area contributed by atoms with E-state index in [0.29, 0.717) is 10.7 Å². The highest BCUT2D eigenvalue weighted by Gasteiger charge is 2.20. The average molecular weight is 451 g/mol. The minimum atomic E-state index is -0.448. The van der Waals surface area contributed by atoms with Gasteiger partial charge in [-0.3, -0.25) is 14.5 Å². The Kier molecular flexibility index (Phi) is 7.60. The van der Waals surface area contributed by atoms with Crippen molar-refractivity contribution < 1.29 is 14.3 Å². The first-order valence-electron chi connectivity index (χ1n) is 10.6. The van der Waals surface area contributed by atoms with E-state index in [1.165, 1.54) is 11.3 Å². The highest BCUT2D eigenvalue weighted by atomic mass is 32.1. The molecule has 0 spiro atoms. The van der Waals surface area contributed by atoms with Crippen LogP contribution in [0.3, 0.4) is 0 Å². The zero-order valence-corrected chi connectivity index (χ0v) is 18.5. The third kappa shape index (κ3) is 6.23. The summed E-state index contributed by atoms with van der Waals surface area (Å²) in [6.45, 7) is 4.00. The van der Waals surface area contributed by atoms with Crippen molar-refractivity contribution >= 4 is 28.3 Å². The number of aromatic nitrogens is 1. The fraction of sp³-hybridized carbons (Fsp3) is 0.292. The number of hydrogen-bond donors (Lipinski definition) is 2. The Morgan fingerprint density at radius 3 is 2.44 bits per heavy atom. The molecular formula is C24H26N4O3S. The first kappa shape index (κ1) is 22.1. The molecule has 1 fully saturated rings. The van der Waals surface area contributed by atoms with Crippen LogP contribution in [0, 0.1) is 0 Å². The van der Waals surface area contributed by atoms with Gasteiger partial charge in [0.05, 0.1) is 31.4 Å². The van der Waals surface area contributed by atoms with E-state index in [1.807, 2.05) is 53.9 Å². The van der Waals surface area contributed by atoms with Gasteiger partial charge in [0, 0.05) is 30.6 Å². The molecule has 1 unspecified atom stereocenters. The number of nitrogens with zero attached hydrogens (tertiary/aromatic N) is 2. The van der Waals surface area contributed by atoms with E-state index in [-0.39, 0.29) is 18.2 Å². The topological polar surface area (TPSA) is 83.6 Å². The quantitative estimate of drug-likeness (QED) is 0.549. The highest BCUT2D eigenvalue weighted by molar-refractivity contribution is 7.13. The molecule has 2 amide bonds. The summed E-state index contributed by atoms with van der Waals surface area (Å²) < 4.78 is 5.38. The van der Waals surface area contributed by atoms with Crippen molar-refractivity contribution in [2.24, 2.45) is 0 Å². The van der Waals surface area contributed by atoms with Crippen molar-refractivity contribution in [3.8, 4) is 0 Å². The Hall–Kier alpha value is -3.07. The molecule has 1 saturated heterocycles. The lowest BCUT2D eigenvalue weighted by molar-refractivity contribution is -0.116. The van der Waals surface area contributed by atoms with Crippen LogP contribution in [0.4, 0.5) is 5.13 Å². The molecule has 0 bridgehead atoms. The summed E-state index contributed by atoms with van der Waals surface area (Å²) in [4.78, 5) is 32.3. The standard InChI is InChI=1S/C24H26N4O3S/c29-22(27-24-25-20(17-32-24)16-28-11-13-31-14-12-28)15-21(18-7-3-1-4-8-18)26-23(30)19-9-5-2-6-10-19/h1-10,17,21H,11-16H2,(H,26,30)(H,25,27,29). The van der Waals surface area contributed by atoms with Crippen LogP contribution >= 0.6 is 11.3 Å². The molecule has 32 heavy (non-hydrogen) atoms. The van der Waals surface area contributed by atoms with Crippen LogP contribution in [0.5, 0.6) is 0 Å². The molecule has 2 N–H and O–H groups in total. The Morgan fingerprint density at radius 2 is 1.72 bits per heavy atom. The molecule has 8 heteroatoms. The van der Waals surface area contributed by atoms with Crippen LogP contribution in [0.25, 0.3) is 0 Å². The maximum absolute atomic E-state index is 12.8. The fourth-order valence-corrected chi connectivity index (χ4v) is 4.27. The summed E-state index contributed by atoms with van der Waals surface area (Å²) in [6.07, 6.45) is 0.112. The number of morpholine rings is 1. The molecule has 0 saturated carbocycles. The molecule has 2 heterocycles. The second-order valence-corrected chi connectivity index (χ2v) is 8.45. The summed E-state index contributed by atoms with van der Waals surface area (Å²) in [5, 5.41) is 8.42. The molecule has 1 aliphatic rings. The highest BCUT2D eigenvalue weighted by Crippen LogP contribution is 2.21. The van der Waals surface area contributed by atoms with Gasteiger partial charge in [0.15, 0.2) is 5.13 Å². The van der Waals surface area contributed by atoms with Gasteiger partial charge in [0.1, 0.15) is 0 Å². The van der Waals surface area contributed by atoms with Gasteiger partial charge in [-0.05, 0) is 17.7 Å². The second kappa shape index (κ2) is 11.0. The van der Waals surface area contributed by atoms with Gasteiger partial charge in [-0.25, -0.2) is 4.98 Å². The number of hydrogen-bond acceptors (Lipinski definition) is 6. The summed E-state index contributed by atoms with van der Waals surface area (Å²) in [5.41, 5.74) is 2.37. The van der Waals surface area contributed by atoms with E-state index < -0.39 is 6.04 Å². The Bertz CT molecular complexity index is 1020. The lowest BCUT2D eigenvalue weighted by Gasteiger charge is -2.25. The third-order valence-corrected chi connectivity index (χ3v) is 6.03. The van der Waals surface area contributed by atoms with E-state index in [2.05, 4.69) is 20.5 Å². The molecule has 0 aliphatic carbocycles. The van der Waals surface area contributed by atoms with Gasteiger partial charge >= 0.3 is 0 Å². The van der Waals surface area contributed by atoms with Crippen LogP contribution in [-0.4, -0.2) is 48.0 Å². The number of carbonyl (C=O) groups is 2. The zero-order chi connectivity index (χ0) is 22.2. The number of carbonyl (C=O) groups excluding carboxylic acids is 2. The maximum Gasteiger partial charge on any atom is 0.251 e. The van der Waals surface area contributed by atoms with Gasteiger partial charge in [0.2, 0.25) is 5.91 Å². The first-order chi connectivity index (χ1) is 15.7. The number of thiazole rings is 1. The largest absolute Gasteiger partial charge is 0.379 e. The van der Waals surface area contributed by atoms with Gasteiger partial charge in [0.25, 0.3) is 5.91 Å². The minimum absolute atomic E-state index is 0.112. The molecule has 1 atom stereocenters. The van der Waals surface area contributed by atoms with Gasteiger partial charge < -0.3 is 15.4 Å². The molecule has 2 aromatic carbocycles. The molecule has 3 aromatic rings. The predicted molar refractivity (Wildman–Crippen MR) is 125 cm³/mol. The summed E-state index contributed by atoms with van der Waals surface area (Å²) in [7, 11) is 0. The SMILES string of the molecule is O=C(CC(NC(=O)c1ccccc1)c1ccccc1)Nc1nc(CN2CCOCC2)cs1. The monoisotopic (exact) mass is 450 g/mol. The van der Waals surface area contributed by atoms with Gasteiger partial charge in [-0.1, -0.05) is 48.5 Å². The Labute approximate surface area is 191 Å². The number of anilines is 1. The second-order valence-electron chi connectivity index (χ2n) is 7.59.